The van der Waals surface area contributed by atoms with Crippen LogP contribution >= 0.6 is 11.6 Å². The number of amides is 2. The second kappa shape index (κ2) is 7.07. The SMILES string of the molecule is COc1ccccc1C(=O)NC(=O)COC(=O)C12CC3CC(CC(Cl)(C3)C1)C2. The van der Waals surface area contributed by atoms with Gasteiger partial charge in [0.2, 0.25) is 0 Å². The van der Waals surface area contributed by atoms with Crippen molar-refractivity contribution >= 4 is 29.4 Å². The number of nitrogens with one attached hydrogen (secondary N) is 1. The van der Waals surface area contributed by atoms with E-state index in [0.29, 0.717) is 24.0 Å². The van der Waals surface area contributed by atoms with Gasteiger partial charge in [-0.15, -0.1) is 11.6 Å². The van der Waals surface area contributed by atoms with E-state index in [4.69, 9.17) is 21.1 Å². The number of rotatable bonds is 5. The summed E-state index contributed by atoms with van der Waals surface area (Å²) in [6, 6.07) is 6.60. The van der Waals surface area contributed by atoms with Crippen molar-refractivity contribution < 1.29 is 23.9 Å². The lowest BCUT2D eigenvalue weighted by Crippen LogP contribution is -2.56. The Morgan fingerprint density at radius 1 is 1.14 bits per heavy atom. The molecule has 150 valence electrons. The van der Waals surface area contributed by atoms with Crippen molar-refractivity contribution in [3.63, 3.8) is 0 Å². The van der Waals surface area contributed by atoms with Gasteiger partial charge in [0.1, 0.15) is 5.75 Å². The Balaban J connectivity index is 1.35. The number of carbonyl (C=O) groups excluding carboxylic acids is 3. The standard InChI is InChI=1S/C21H24ClNO5/c1-27-16-5-3-2-4-15(16)18(25)23-17(24)11-28-19(26)20-7-13-6-14(8-20)10-21(22,9-13)12-20/h2-5,13-14H,6-12H2,1H3,(H,23,24,25). The monoisotopic (exact) mass is 405 g/mol. The second-order valence-corrected chi connectivity index (χ2v) is 9.35. The van der Waals surface area contributed by atoms with Gasteiger partial charge in [0, 0.05) is 4.87 Å². The molecule has 2 atom stereocenters. The maximum atomic E-state index is 12.8. The predicted molar refractivity (Wildman–Crippen MR) is 102 cm³/mol. The summed E-state index contributed by atoms with van der Waals surface area (Å²) in [5, 5.41) is 2.25. The molecular weight excluding hydrogens is 382 g/mol. The minimum Gasteiger partial charge on any atom is -0.496 e. The lowest BCUT2D eigenvalue weighted by molar-refractivity contribution is -0.171. The number of alkyl halides is 1. The van der Waals surface area contributed by atoms with Gasteiger partial charge in [0.05, 0.1) is 18.1 Å². The Kier molecular flexibility index (Phi) is 4.86. The number of carbonyl (C=O) groups is 3. The summed E-state index contributed by atoms with van der Waals surface area (Å²) in [6.07, 6.45) is 5.27. The molecule has 4 saturated carbocycles. The zero-order valence-corrected chi connectivity index (χ0v) is 16.6. The summed E-state index contributed by atoms with van der Waals surface area (Å²) in [7, 11) is 1.45. The van der Waals surface area contributed by atoms with Crippen molar-refractivity contribution in [3.8, 4) is 5.75 Å². The van der Waals surface area contributed by atoms with Crippen molar-refractivity contribution in [1.82, 2.24) is 5.32 Å². The van der Waals surface area contributed by atoms with Crippen molar-refractivity contribution in [2.24, 2.45) is 17.3 Å². The lowest BCUT2D eigenvalue weighted by atomic mass is 9.49. The molecule has 2 amide bonds. The molecule has 0 aromatic heterocycles. The number of para-hydroxylation sites is 1. The molecule has 28 heavy (non-hydrogen) atoms. The molecule has 1 N–H and O–H groups in total. The maximum absolute atomic E-state index is 12.8. The fourth-order valence-electron chi connectivity index (χ4n) is 5.74. The number of benzene rings is 1. The van der Waals surface area contributed by atoms with Crippen LogP contribution in [0.15, 0.2) is 24.3 Å². The van der Waals surface area contributed by atoms with Gasteiger partial charge in [0.15, 0.2) is 6.61 Å². The third kappa shape index (κ3) is 3.50. The summed E-state index contributed by atoms with van der Waals surface area (Å²) >= 11 is 6.75. The second-order valence-electron chi connectivity index (χ2n) is 8.55. The van der Waals surface area contributed by atoms with Crippen LogP contribution in [0.3, 0.4) is 0 Å². The van der Waals surface area contributed by atoms with E-state index in [2.05, 4.69) is 5.32 Å². The summed E-state index contributed by atoms with van der Waals surface area (Å²) in [5.41, 5.74) is -0.325. The number of ether oxygens (including phenoxy) is 2. The van der Waals surface area contributed by atoms with E-state index in [1.165, 1.54) is 7.11 Å². The van der Waals surface area contributed by atoms with Gasteiger partial charge in [-0.25, -0.2) is 0 Å². The first-order chi connectivity index (χ1) is 13.3. The van der Waals surface area contributed by atoms with E-state index in [1.807, 2.05) is 0 Å². The highest BCUT2D eigenvalue weighted by atomic mass is 35.5. The molecule has 0 heterocycles. The van der Waals surface area contributed by atoms with Crippen LogP contribution < -0.4 is 10.1 Å². The highest BCUT2D eigenvalue weighted by Gasteiger charge is 2.60. The normalized spacial score (nSPS) is 32.6. The smallest absolute Gasteiger partial charge is 0.312 e. The van der Waals surface area contributed by atoms with Gasteiger partial charge in [-0.1, -0.05) is 12.1 Å². The Hall–Kier alpha value is -2.08. The Morgan fingerprint density at radius 3 is 2.46 bits per heavy atom. The number of esters is 1. The molecule has 1 aromatic rings. The summed E-state index contributed by atoms with van der Waals surface area (Å²) in [6.45, 7) is -0.480. The molecule has 0 spiro atoms. The fraction of sp³-hybridized carbons (Fsp3) is 0.571. The molecule has 0 radical (unpaired) electrons. The summed E-state index contributed by atoms with van der Waals surface area (Å²) in [4.78, 5) is 37.0. The first kappa shape index (κ1) is 19.2. The molecule has 4 bridgehead atoms. The van der Waals surface area contributed by atoms with Crippen LogP contribution in [0.1, 0.15) is 48.9 Å². The van der Waals surface area contributed by atoms with E-state index in [1.54, 1.807) is 24.3 Å². The van der Waals surface area contributed by atoms with Crippen LogP contribution in [0.25, 0.3) is 0 Å². The highest BCUT2D eigenvalue weighted by molar-refractivity contribution is 6.24. The molecule has 1 aromatic carbocycles. The Morgan fingerprint density at radius 2 is 1.82 bits per heavy atom. The topological polar surface area (TPSA) is 81.7 Å². The zero-order valence-electron chi connectivity index (χ0n) is 15.8. The summed E-state index contributed by atoms with van der Waals surface area (Å²) < 4.78 is 10.5. The van der Waals surface area contributed by atoms with E-state index >= 15 is 0 Å². The average molecular weight is 406 g/mol. The number of hydrogen-bond donors (Lipinski definition) is 1. The van der Waals surface area contributed by atoms with Gasteiger partial charge in [-0.05, 0) is 62.5 Å². The molecule has 7 heteroatoms. The van der Waals surface area contributed by atoms with Crippen molar-refractivity contribution in [2.75, 3.05) is 13.7 Å². The maximum Gasteiger partial charge on any atom is 0.312 e. The summed E-state index contributed by atoms with van der Waals surface area (Å²) in [5.74, 6) is -0.306. The van der Waals surface area contributed by atoms with Crippen LogP contribution in [0.5, 0.6) is 5.75 Å². The molecule has 6 nitrogen and oxygen atoms in total. The first-order valence-electron chi connectivity index (χ1n) is 9.66. The quantitative estimate of drug-likeness (QED) is 0.601. The molecule has 0 saturated heterocycles. The lowest BCUT2D eigenvalue weighted by Gasteiger charge is -2.58. The van der Waals surface area contributed by atoms with Crippen molar-refractivity contribution in [1.29, 1.82) is 0 Å². The van der Waals surface area contributed by atoms with Gasteiger partial charge in [0.25, 0.3) is 11.8 Å². The predicted octanol–water partition coefficient (Wildman–Crippen LogP) is 3.07. The van der Waals surface area contributed by atoms with Gasteiger partial charge >= 0.3 is 5.97 Å². The fourth-order valence-corrected chi connectivity index (χ4v) is 6.43. The zero-order chi connectivity index (χ0) is 19.9. The number of hydrogen-bond acceptors (Lipinski definition) is 5. The molecule has 4 aliphatic rings. The van der Waals surface area contributed by atoms with Crippen LogP contribution in [-0.4, -0.2) is 36.4 Å². The van der Waals surface area contributed by atoms with Gasteiger partial charge in [-0.2, -0.15) is 0 Å². The van der Waals surface area contributed by atoms with Gasteiger partial charge < -0.3 is 9.47 Å². The minimum atomic E-state index is -0.658. The molecule has 4 fully saturated rings. The number of imide groups is 1. The van der Waals surface area contributed by atoms with E-state index in [-0.39, 0.29) is 16.4 Å². The number of methoxy groups -OCH3 is 1. The Labute approximate surface area is 168 Å². The van der Waals surface area contributed by atoms with Crippen molar-refractivity contribution in [2.45, 2.75) is 43.4 Å². The molecule has 4 aliphatic carbocycles. The van der Waals surface area contributed by atoms with E-state index in [9.17, 15) is 14.4 Å². The minimum absolute atomic E-state index is 0.245. The largest absolute Gasteiger partial charge is 0.496 e. The average Bonchev–Trinajstić information content (AvgIpc) is 2.64. The third-order valence-electron chi connectivity index (χ3n) is 6.36. The van der Waals surface area contributed by atoms with Gasteiger partial charge in [-0.3, -0.25) is 19.7 Å². The van der Waals surface area contributed by atoms with E-state index < -0.39 is 23.8 Å². The molecular formula is C21H24ClNO5. The van der Waals surface area contributed by atoms with Crippen LogP contribution in [-0.2, 0) is 14.3 Å². The molecule has 2 unspecified atom stereocenters. The van der Waals surface area contributed by atoms with Crippen LogP contribution in [0.4, 0.5) is 0 Å². The van der Waals surface area contributed by atoms with Crippen LogP contribution in [0.2, 0.25) is 0 Å². The molecule has 0 aliphatic heterocycles. The molecule has 5 rings (SSSR count). The third-order valence-corrected chi connectivity index (χ3v) is 6.80. The van der Waals surface area contributed by atoms with Crippen molar-refractivity contribution in [3.05, 3.63) is 29.8 Å². The van der Waals surface area contributed by atoms with E-state index in [0.717, 1.165) is 32.1 Å². The first-order valence-corrected chi connectivity index (χ1v) is 10.0. The number of halogens is 1. The van der Waals surface area contributed by atoms with Crippen LogP contribution in [0, 0.1) is 17.3 Å². The Bertz CT molecular complexity index is 809. The highest BCUT2D eigenvalue weighted by Crippen LogP contribution is 2.64.